The molecule has 0 amide bonds. The Bertz CT molecular complexity index is 3510. The number of hydrogen-bond acceptors (Lipinski definition) is 3. The summed E-state index contributed by atoms with van der Waals surface area (Å²) in [6, 6.07) is 72.5. The number of benzene rings is 10. The van der Waals surface area contributed by atoms with Crippen LogP contribution in [0.2, 0.25) is 0 Å². The van der Waals surface area contributed by atoms with Gasteiger partial charge in [0.15, 0.2) is 0 Å². The molecule has 266 valence electrons. The second-order valence-corrected chi connectivity index (χ2v) is 15.8. The summed E-state index contributed by atoms with van der Waals surface area (Å²) in [5, 5.41) is 12.3. The van der Waals surface area contributed by atoms with E-state index in [1.54, 1.807) is 0 Å². The molecule has 2 nitrogen and oxygen atoms in total. The molecule has 0 atom stereocenters. The van der Waals surface area contributed by atoms with Crippen LogP contribution in [0, 0.1) is 0 Å². The van der Waals surface area contributed by atoms with Gasteiger partial charge in [-0.15, -0.1) is 11.3 Å². The van der Waals surface area contributed by atoms with E-state index in [1.807, 2.05) is 11.3 Å². The summed E-state index contributed by atoms with van der Waals surface area (Å²) < 4.78 is 9.38. The lowest BCUT2D eigenvalue weighted by Crippen LogP contribution is -2.10. The first-order chi connectivity index (χ1) is 28.3. The predicted octanol–water partition coefficient (Wildman–Crippen LogP) is 16.2. The summed E-state index contributed by atoms with van der Waals surface area (Å²) >= 11 is 1.87. The highest BCUT2D eigenvalue weighted by Crippen LogP contribution is 2.48. The van der Waals surface area contributed by atoms with Crippen LogP contribution in [-0.4, -0.2) is 0 Å². The molecule has 0 aliphatic heterocycles. The van der Waals surface area contributed by atoms with Gasteiger partial charge in [-0.3, -0.25) is 0 Å². The van der Waals surface area contributed by atoms with Gasteiger partial charge in [-0.25, -0.2) is 0 Å². The van der Waals surface area contributed by atoms with Gasteiger partial charge in [-0.1, -0.05) is 152 Å². The zero-order valence-electron chi connectivity index (χ0n) is 30.8. The summed E-state index contributed by atoms with van der Waals surface area (Å²) in [5.74, 6) is 0. The molecule has 0 unspecified atom stereocenters. The van der Waals surface area contributed by atoms with Crippen molar-refractivity contribution in [3.8, 4) is 22.3 Å². The highest BCUT2D eigenvalue weighted by atomic mass is 32.1. The van der Waals surface area contributed by atoms with E-state index >= 15 is 0 Å². The molecule has 2 heterocycles. The van der Waals surface area contributed by atoms with E-state index in [-0.39, 0.29) is 0 Å². The van der Waals surface area contributed by atoms with Crippen molar-refractivity contribution in [2.45, 2.75) is 0 Å². The number of thiophene rings is 1. The number of hydrogen-bond donors (Lipinski definition) is 0. The van der Waals surface area contributed by atoms with Crippen LogP contribution >= 0.6 is 11.3 Å². The van der Waals surface area contributed by atoms with E-state index < -0.39 is 0 Å². The molecule has 0 aliphatic rings. The van der Waals surface area contributed by atoms with Crippen LogP contribution in [0.4, 0.5) is 17.1 Å². The molecule has 0 radical (unpaired) electrons. The van der Waals surface area contributed by atoms with Crippen molar-refractivity contribution in [1.29, 1.82) is 0 Å². The molecule has 0 spiro atoms. The van der Waals surface area contributed by atoms with Crippen molar-refractivity contribution >= 4 is 103 Å². The minimum absolute atomic E-state index is 0.868. The SMILES string of the molecule is c1ccc(-c2ccc(N(c3ccc4c(c3)oc3cc5c6ccccc6c6ccccc6c5cc34)c3cccc4c3sc3c(-c5ccccc5)cccc34)cc2)cc1. The maximum atomic E-state index is 6.84. The van der Waals surface area contributed by atoms with E-state index in [1.165, 1.54) is 74.7 Å². The first kappa shape index (κ1) is 32.1. The van der Waals surface area contributed by atoms with Crippen molar-refractivity contribution in [2.75, 3.05) is 4.90 Å². The van der Waals surface area contributed by atoms with Crippen LogP contribution in [-0.2, 0) is 0 Å². The molecular weight excluding hydrogens is 711 g/mol. The maximum Gasteiger partial charge on any atom is 0.137 e. The Labute approximate surface area is 333 Å². The summed E-state index contributed by atoms with van der Waals surface area (Å²) in [5.41, 5.74) is 9.91. The van der Waals surface area contributed by atoms with E-state index in [2.05, 4.69) is 205 Å². The van der Waals surface area contributed by atoms with Gasteiger partial charge in [0.05, 0.1) is 10.4 Å². The molecule has 12 aromatic rings. The number of anilines is 3. The predicted molar refractivity (Wildman–Crippen MR) is 245 cm³/mol. The Hall–Kier alpha value is -7.20. The lowest BCUT2D eigenvalue weighted by molar-refractivity contribution is 0.669. The fraction of sp³-hybridized carbons (Fsp3) is 0. The third-order valence-corrected chi connectivity index (χ3v) is 12.9. The molecule has 0 fully saturated rings. The fourth-order valence-corrected chi connectivity index (χ4v) is 10.3. The van der Waals surface area contributed by atoms with Gasteiger partial charge in [0, 0.05) is 43.7 Å². The van der Waals surface area contributed by atoms with Gasteiger partial charge in [0.2, 0.25) is 0 Å². The Kier molecular flexibility index (Phi) is 7.13. The van der Waals surface area contributed by atoms with Crippen molar-refractivity contribution in [2.24, 2.45) is 0 Å². The normalized spacial score (nSPS) is 11.9. The van der Waals surface area contributed by atoms with Gasteiger partial charge < -0.3 is 9.32 Å². The Morgan fingerprint density at radius 1 is 0.316 bits per heavy atom. The second-order valence-electron chi connectivity index (χ2n) is 14.8. The molecule has 0 bridgehead atoms. The van der Waals surface area contributed by atoms with E-state index in [4.69, 9.17) is 4.42 Å². The standard InChI is InChI=1S/C54H33NOS/c1-3-13-34(14-4-1)35-25-27-37(28-26-35)55(50-24-12-23-46-45-22-11-21-39(53(45)57-54(46)50)36-15-5-2-6-16-36)38-29-30-44-49-32-47-42-19-9-7-17-40(42)41-18-8-10-20-43(41)48(47)33-52(49)56-51(44)31-38/h1-33H. The maximum absolute atomic E-state index is 6.84. The average molecular weight is 744 g/mol. The van der Waals surface area contributed by atoms with Gasteiger partial charge in [-0.05, 0) is 97.0 Å². The molecular formula is C54H33NOS. The fourth-order valence-electron chi connectivity index (χ4n) is 8.99. The van der Waals surface area contributed by atoms with Crippen molar-refractivity contribution in [3.05, 3.63) is 200 Å². The Morgan fingerprint density at radius 2 is 0.842 bits per heavy atom. The molecule has 0 aliphatic carbocycles. The largest absolute Gasteiger partial charge is 0.456 e. The highest BCUT2D eigenvalue weighted by Gasteiger charge is 2.21. The molecule has 57 heavy (non-hydrogen) atoms. The Morgan fingerprint density at radius 3 is 1.54 bits per heavy atom. The quantitative estimate of drug-likeness (QED) is 0.163. The topological polar surface area (TPSA) is 16.4 Å². The van der Waals surface area contributed by atoms with Crippen LogP contribution in [0.3, 0.4) is 0 Å². The first-order valence-electron chi connectivity index (χ1n) is 19.4. The molecule has 10 aromatic carbocycles. The molecule has 0 saturated heterocycles. The van der Waals surface area contributed by atoms with Gasteiger partial charge in [0.1, 0.15) is 11.2 Å². The van der Waals surface area contributed by atoms with Crippen LogP contribution in [0.5, 0.6) is 0 Å². The average Bonchev–Trinajstić information content (AvgIpc) is 3.85. The van der Waals surface area contributed by atoms with Gasteiger partial charge in [0.25, 0.3) is 0 Å². The molecule has 12 rings (SSSR count). The van der Waals surface area contributed by atoms with E-state index in [0.29, 0.717) is 0 Å². The third-order valence-electron chi connectivity index (χ3n) is 11.6. The Balaban J connectivity index is 1.08. The first-order valence-corrected chi connectivity index (χ1v) is 20.2. The summed E-state index contributed by atoms with van der Waals surface area (Å²) in [4.78, 5) is 2.40. The second kappa shape index (κ2) is 12.7. The molecule has 0 N–H and O–H groups in total. The minimum atomic E-state index is 0.868. The third kappa shape index (κ3) is 5.03. The number of furan rings is 1. The van der Waals surface area contributed by atoms with Gasteiger partial charge >= 0.3 is 0 Å². The lowest BCUT2D eigenvalue weighted by atomic mass is 9.93. The molecule has 2 aromatic heterocycles. The number of nitrogens with zero attached hydrogens (tertiary/aromatic N) is 1. The summed E-state index contributed by atoms with van der Waals surface area (Å²) in [6.07, 6.45) is 0. The van der Waals surface area contributed by atoms with Crippen LogP contribution in [0.1, 0.15) is 0 Å². The molecule has 0 saturated carbocycles. The smallest absolute Gasteiger partial charge is 0.137 e. The van der Waals surface area contributed by atoms with Crippen LogP contribution < -0.4 is 4.90 Å². The zero-order valence-corrected chi connectivity index (χ0v) is 31.6. The van der Waals surface area contributed by atoms with E-state index in [0.717, 1.165) is 39.0 Å². The van der Waals surface area contributed by atoms with Crippen molar-refractivity contribution < 1.29 is 4.42 Å². The zero-order chi connectivity index (χ0) is 37.5. The van der Waals surface area contributed by atoms with Crippen LogP contribution in [0.25, 0.3) is 96.7 Å². The van der Waals surface area contributed by atoms with Gasteiger partial charge in [-0.2, -0.15) is 0 Å². The monoisotopic (exact) mass is 743 g/mol. The minimum Gasteiger partial charge on any atom is -0.456 e. The van der Waals surface area contributed by atoms with E-state index in [9.17, 15) is 0 Å². The van der Waals surface area contributed by atoms with Crippen molar-refractivity contribution in [1.82, 2.24) is 0 Å². The molecule has 3 heteroatoms. The number of fused-ring (bicyclic) bond motifs is 12. The van der Waals surface area contributed by atoms with Crippen molar-refractivity contribution in [3.63, 3.8) is 0 Å². The highest BCUT2D eigenvalue weighted by molar-refractivity contribution is 7.27. The summed E-state index contributed by atoms with van der Waals surface area (Å²) in [6.45, 7) is 0. The van der Waals surface area contributed by atoms with Crippen LogP contribution in [0.15, 0.2) is 205 Å². The lowest BCUT2D eigenvalue weighted by Gasteiger charge is -2.26. The summed E-state index contributed by atoms with van der Waals surface area (Å²) in [7, 11) is 0. The number of rotatable bonds is 5.